The molecular formula is C24H25FN4O2. The third kappa shape index (κ3) is 4.99. The fraction of sp³-hybridized carbons (Fsp3) is 0.292. The summed E-state index contributed by atoms with van der Waals surface area (Å²) in [5, 5.41) is 8.75. The van der Waals surface area contributed by atoms with Gasteiger partial charge in [0.1, 0.15) is 11.6 Å². The van der Waals surface area contributed by atoms with E-state index in [1.54, 1.807) is 24.0 Å². The highest BCUT2D eigenvalue weighted by Crippen LogP contribution is 2.20. The summed E-state index contributed by atoms with van der Waals surface area (Å²) < 4.78 is 18.9. The van der Waals surface area contributed by atoms with E-state index in [9.17, 15) is 9.18 Å². The Morgan fingerprint density at radius 1 is 1.00 bits per heavy atom. The van der Waals surface area contributed by atoms with Crippen LogP contribution in [0.1, 0.15) is 12.5 Å². The van der Waals surface area contributed by atoms with Crippen molar-refractivity contribution in [2.75, 3.05) is 31.1 Å². The number of amides is 1. The van der Waals surface area contributed by atoms with Crippen LogP contribution in [-0.2, 0) is 4.79 Å². The Labute approximate surface area is 181 Å². The number of aryl methyl sites for hydroxylation is 1. The molecule has 1 saturated heterocycles. The van der Waals surface area contributed by atoms with E-state index < -0.39 is 6.10 Å². The Balaban J connectivity index is 1.32. The number of hydrogen-bond donors (Lipinski definition) is 0. The highest BCUT2D eigenvalue weighted by Gasteiger charge is 2.26. The van der Waals surface area contributed by atoms with Crippen molar-refractivity contribution < 1.29 is 13.9 Å². The molecule has 2 aromatic carbocycles. The predicted octanol–water partition coefficient (Wildman–Crippen LogP) is 3.71. The lowest BCUT2D eigenvalue weighted by Gasteiger charge is -2.36. The van der Waals surface area contributed by atoms with Gasteiger partial charge in [-0.25, -0.2) is 4.39 Å². The highest BCUT2D eigenvalue weighted by molar-refractivity contribution is 5.81. The van der Waals surface area contributed by atoms with Crippen LogP contribution in [0.3, 0.4) is 0 Å². The molecule has 1 aromatic heterocycles. The van der Waals surface area contributed by atoms with Crippen LogP contribution in [0.4, 0.5) is 10.2 Å². The van der Waals surface area contributed by atoms with Crippen molar-refractivity contribution in [3.63, 3.8) is 0 Å². The lowest BCUT2D eigenvalue weighted by atomic mass is 10.1. The molecule has 3 aromatic rings. The molecule has 1 amide bonds. The fourth-order valence-corrected chi connectivity index (χ4v) is 3.58. The minimum absolute atomic E-state index is 0.107. The summed E-state index contributed by atoms with van der Waals surface area (Å²) in [5.41, 5.74) is 3.07. The number of piperazine rings is 1. The quantitative estimate of drug-likeness (QED) is 0.630. The summed E-state index contributed by atoms with van der Waals surface area (Å²) in [4.78, 5) is 16.6. The van der Waals surface area contributed by atoms with E-state index in [0.717, 1.165) is 17.1 Å². The number of rotatable bonds is 5. The summed E-state index contributed by atoms with van der Waals surface area (Å²) >= 11 is 0. The maximum absolute atomic E-state index is 13.3. The highest BCUT2D eigenvalue weighted by atomic mass is 19.1. The molecule has 0 radical (unpaired) electrons. The molecular weight excluding hydrogens is 395 g/mol. The van der Waals surface area contributed by atoms with Crippen LogP contribution in [0.2, 0.25) is 0 Å². The third-order valence-corrected chi connectivity index (χ3v) is 5.37. The molecule has 0 bridgehead atoms. The van der Waals surface area contributed by atoms with Gasteiger partial charge in [-0.05, 0) is 38.1 Å². The second kappa shape index (κ2) is 9.12. The number of anilines is 1. The molecule has 0 aliphatic carbocycles. The normalized spacial score (nSPS) is 14.9. The van der Waals surface area contributed by atoms with Gasteiger partial charge in [-0.15, -0.1) is 10.2 Å². The van der Waals surface area contributed by atoms with Crippen LogP contribution >= 0.6 is 0 Å². The predicted molar refractivity (Wildman–Crippen MR) is 117 cm³/mol. The van der Waals surface area contributed by atoms with E-state index in [0.29, 0.717) is 31.9 Å². The first-order valence-corrected chi connectivity index (χ1v) is 10.4. The molecule has 1 unspecified atom stereocenters. The largest absolute Gasteiger partial charge is 0.481 e. The smallest absolute Gasteiger partial charge is 0.263 e. The van der Waals surface area contributed by atoms with Gasteiger partial charge in [0, 0.05) is 37.8 Å². The zero-order chi connectivity index (χ0) is 21.8. The van der Waals surface area contributed by atoms with E-state index in [4.69, 9.17) is 4.74 Å². The van der Waals surface area contributed by atoms with Crippen molar-refractivity contribution in [2.24, 2.45) is 0 Å². The maximum Gasteiger partial charge on any atom is 0.263 e. The van der Waals surface area contributed by atoms with Crippen LogP contribution in [-0.4, -0.2) is 53.3 Å². The molecule has 0 saturated carbocycles. The molecule has 1 fully saturated rings. The number of aromatic nitrogens is 2. The van der Waals surface area contributed by atoms with E-state index >= 15 is 0 Å². The Morgan fingerprint density at radius 2 is 1.74 bits per heavy atom. The molecule has 7 heteroatoms. The molecule has 1 aliphatic rings. The van der Waals surface area contributed by atoms with Crippen molar-refractivity contribution in [2.45, 2.75) is 20.0 Å². The van der Waals surface area contributed by atoms with Crippen molar-refractivity contribution in [3.8, 4) is 17.0 Å². The molecule has 1 atom stereocenters. The zero-order valence-electron chi connectivity index (χ0n) is 17.7. The van der Waals surface area contributed by atoms with Crippen molar-refractivity contribution in [3.05, 3.63) is 72.0 Å². The fourth-order valence-electron chi connectivity index (χ4n) is 3.58. The van der Waals surface area contributed by atoms with Gasteiger partial charge in [0.15, 0.2) is 11.9 Å². The minimum atomic E-state index is -0.679. The Hall–Kier alpha value is -3.48. The summed E-state index contributed by atoms with van der Waals surface area (Å²) in [6.07, 6.45) is -0.679. The van der Waals surface area contributed by atoms with Gasteiger partial charge in [-0.1, -0.05) is 35.9 Å². The molecule has 2 heterocycles. The monoisotopic (exact) mass is 420 g/mol. The first kappa shape index (κ1) is 20.8. The first-order chi connectivity index (χ1) is 15.0. The standard InChI is InChI=1S/C24H25FN4O2/c1-17-6-8-19(9-7-17)22-10-11-23(27-26-22)28-12-14-29(15-13-28)24(30)18(2)31-21-5-3-4-20(25)16-21/h3-11,16,18H,12-15H2,1-2H3. The molecule has 31 heavy (non-hydrogen) atoms. The van der Waals surface area contributed by atoms with Crippen LogP contribution < -0.4 is 9.64 Å². The van der Waals surface area contributed by atoms with Crippen LogP contribution in [0, 0.1) is 12.7 Å². The molecule has 1 aliphatic heterocycles. The number of ether oxygens (including phenoxy) is 1. The lowest BCUT2D eigenvalue weighted by Crippen LogP contribution is -2.52. The van der Waals surface area contributed by atoms with E-state index in [1.165, 1.54) is 17.7 Å². The molecule has 6 nitrogen and oxygen atoms in total. The van der Waals surface area contributed by atoms with Gasteiger partial charge in [0.2, 0.25) is 0 Å². The van der Waals surface area contributed by atoms with Gasteiger partial charge in [-0.3, -0.25) is 4.79 Å². The van der Waals surface area contributed by atoms with Gasteiger partial charge in [0.05, 0.1) is 5.69 Å². The lowest BCUT2D eigenvalue weighted by molar-refractivity contribution is -0.138. The number of carbonyl (C=O) groups is 1. The summed E-state index contributed by atoms with van der Waals surface area (Å²) in [5.74, 6) is 0.653. The molecule has 160 valence electrons. The number of carbonyl (C=O) groups excluding carboxylic acids is 1. The maximum atomic E-state index is 13.3. The zero-order valence-corrected chi connectivity index (χ0v) is 17.7. The van der Waals surface area contributed by atoms with Gasteiger partial charge >= 0.3 is 0 Å². The second-order valence-electron chi connectivity index (χ2n) is 7.67. The van der Waals surface area contributed by atoms with Crippen LogP contribution in [0.25, 0.3) is 11.3 Å². The van der Waals surface area contributed by atoms with E-state index in [-0.39, 0.29) is 11.7 Å². The van der Waals surface area contributed by atoms with E-state index in [1.807, 2.05) is 24.3 Å². The minimum Gasteiger partial charge on any atom is -0.481 e. The SMILES string of the molecule is Cc1ccc(-c2ccc(N3CCN(C(=O)C(C)Oc4cccc(F)c4)CC3)nn2)cc1. The Kier molecular flexibility index (Phi) is 6.11. The number of nitrogens with zero attached hydrogens (tertiary/aromatic N) is 4. The summed E-state index contributed by atoms with van der Waals surface area (Å²) in [7, 11) is 0. The average molecular weight is 420 g/mol. The summed E-state index contributed by atoms with van der Waals surface area (Å²) in [6.45, 7) is 6.20. The number of hydrogen-bond acceptors (Lipinski definition) is 5. The van der Waals surface area contributed by atoms with Crippen molar-refractivity contribution >= 4 is 11.7 Å². The number of halogens is 1. The first-order valence-electron chi connectivity index (χ1n) is 10.4. The van der Waals surface area contributed by atoms with Crippen LogP contribution in [0.5, 0.6) is 5.75 Å². The van der Waals surface area contributed by atoms with Gasteiger partial charge in [0.25, 0.3) is 5.91 Å². The Bertz CT molecular complexity index is 1030. The van der Waals surface area contributed by atoms with E-state index in [2.05, 4.69) is 34.2 Å². The average Bonchev–Trinajstić information content (AvgIpc) is 2.79. The second-order valence-corrected chi connectivity index (χ2v) is 7.67. The molecule has 4 rings (SSSR count). The van der Waals surface area contributed by atoms with Gasteiger partial charge in [-0.2, -0.15) is 0 Å². The molecule has 0 spiro atoms. The number of benzene rings is 2. The van der Waals surface area contributed by atoms with Crippen LogP contribution in [0.15, 0.2) is 60.7 Å². The molecule has 0 N–H and O–H groups in total. The van der Waals surface area contributed by atoms with Gasteiger partial charge < -0.3 is 14.5 Å². The summed E-state index contributed by atoms with van der Waals surface area (Å²) in [6, 6.07) is 18.0. The Morgan fingerprint density at radius 3 is 2.39 bits per heavy atom. The third-order valence-electron chi connectivity index (χ3n) is 5.37. The van der Waals surface area contributed by atoms with Crippen molar-refractivity contribution in [1.29, 1.82) is 0 Å². The topological polar surface area (TPSA) is 58.6 Å². The van der Waals surface area contributed by atoms with Crippen molar-refractivity contribution in [1.82, 2.24) is 15.1 Å².